The molecule has 1 N–H and O–H groups in total. The van der Waals surface area contributed by atoms with Crippen molar-refractivity contribution in [1.29, 1.82) is 0 Å². The number of fused-ring (bicyclic) bond motifs is 3. The standard InChI is InChI=1S/C35H40N2O.CH3.Y/c1-24-20-25(2)33-30-14-8-9-15-31(30)37(32(33)21-24)23-27-16-18-29(19-17-27)34(28-12-6-7-13-28)35(38)36-22-26-10-4-3-5-11-26;;/h3-5,10-11,16-21,28,34H,6-9,12-15,22-23H2,1-2H3,(H,36,38);1H3;/q;-1;. The number of carbonyl (C=O) groups is 1. The van der Waals surface area contributed by atoms with Gasteiger partial charge in [0.15, 0.2) is 0 Å². The molecule has 40 heavy (non-hydrogen) atoms. The minimum absolute atomic E-state index is 0. The molecule has 2 aliphatic carbocycles. The van der Waals surface area contributed by atoms with Gasteiger partial charge in [0.1, 0.15) is 0 Å². The molecule has 6 rings (SSSR count). The maximum atomic E-state index is 13.5. The number of amides is 1. The number of benzene rings is 3. The average molecular weight is 609 g/mol. The van der Waals surface area contributed by atoms with E-state index in [1.165, 1.54) is 71.8 Å². The predicted molar refractivity (Wildman–Crippen MR) is 163 cm³/mol. The molecule has 1 amide bonds. The Kier molecular flexibility index (Phi) is 10.5. The SMILES string of the molecule is Cc1cc(C)c2c3c(n(Cc4ccc(C(C(=O)NCc5ccccc5)C5CCCC5)cc4)c2c1)CCCC3.[CH3-].[Y]. The molecule has 4 aromatic rings. The molecular formula is C36H43N2OY-. The number of hydrogen-bond acceptors (Lipinski definition) is 1. The zero-order chi connectivity index (χ0) is 26.1. The van der Waals surface area contributed by atoms with Gasteiger partial charge in [-0.1, -0.05) is 73.5 Å². The van der Waals surface area contributed by atoms with Crippen LogP contribution in [0.15, 0.2) is 66.7 Å². The van der Waals surface area contributed by atoms with Gasteiger partial charge in [-0.2, -0.15) is 0 Å². The molecule has 3 nitrogen and oxygen atoms in total. The fraction of sp³-hybridized carbons (Fsp3) is 0.389. The molecule has 4 heteroatoms. The van der Waals surface area contributed by atoms with Crippen molar-refractivity contribution in [2.24, 2.45) is 5.92 Å². The zero-order valence-corrected chi connectivity index (χ0v) is 27.3. The molecule has 2 aliphatic rings. The summed E-state index contributed by atoms with van der Waals surface area (Å²) >= 11 is 0. The van der Waals surface area contributed by atoms with E-state index in [4.69, 9.17) is 0 Å². The van der Waals surface area contributed by atoms with E-state index in [1.807, 2.05) is 18.2 Å². The van der Waals surface area contributed by atoms with Crippen LogP contribution in [-0.2, 0) is 63.4 Å². The first kappa shape index (κ1) is 30.7. The molecular weight excluding hydrogens is 565 g/mol. The van der Waals surface area contributed by atoms with Gasteiger partial charge in [0, 0.05) is 62.4 Å². The van der Waals surface area contributed by atoms with Gasteiger partial charge in [-0.15, -0.1) is 0 Å². The molecule has 1 heterocycles. The Labute approximate surface area is 266 Å². The molecule has 0 bridgehead atoms. The van der Waals surface area contributed by atoms with Gasteiger partial charge in [0.25, 0.3) is 0 Å². The average Bonchev–Trinajstić information content (AvgIpc) is 3.56. The molecule has 0 aliphatic heterocycles. The second-order valence-corrected chi connectivity index (χ2v) is 11.7. The van der Waals surface area contributed by atoms with Crippen LogP contribution in [0.25, 0.3) is 10.9 Å². The fourth-order valence-corrected chi connectivity index (χ4v) is 7.17. The van der Waals surface area contributed by atoms with E-state index in [2.05, 4.69) is 72.3 Å². The summed E-state index contributed by atoms with van der Waals surface area (Å²) in [6.45, 7) is 5.97. The maximum Gasteiger partial charge on any atom is 0.228 e. The van der Waals surface area contributed by atoms with Crippen LogP contribution in [0.1, 0.15) is 83.5 Å². The number of nitrogens with zero attached hydrogens (tertiary/aromatic N) is 1. The first-order valence-corrected chi connectivity index (χ1v) is 14.6. The van der Waals surface area contributed by atoms with E-state index < -0.39 is 0 Å². The number of aryl methyl sites for hydroxylation is 3. The summed E-state index contributed by atoms with van der Waals surface area (Å²) in [6, 6.07) is 23.9. The van der Waals surface area contributed by atoms with E-state index in [9.17, 15) is 4.79 Å². The number of nitrogens with one attached hydrogen (secondary N) is 1. The van der Waals surface area contributed by atoms with Crippen molar-refractivity contribution >= 4 is 16.8 Å². The van der Waals surface area contributed by atoms with Gasteiger partial charge in [0.05, 0.1) is 5.92 Å². The van der Waals surface area contributed by atoms with Crippen molar-refractivity contribution in [3.05, 3.63) is 113 Å². The van der Waals surface area contributed by atoms with Crippen molar-refractivity contribution in [2.75, 3.05) is 0 Å². The van der Waals surface area contributed by atoms with Crippen molar-refractivity contribution in [3.8, 4) is 0 Å². The van der Waals surface area contributed by atoms with Crippen molar-refractivity contribution in [1.82, 2.24) is 9.88 Å². The molecule has 1 radical (unpaired) electrons. The first-order chi connectivity index (χ1) is 18.6. The minimum atomic E-state index is -0.0688. The van der Waals surface area contributed by atoms with Gasteiger partial charge < -0.3 is 17.3 Å². The van der Waals surface area contributed by atoms with Crippen LogP contribution in [0.4, 0.5) is 0 Å². The second-order valence-electron chi connectivity index (χ2n) is 11.7. The zero-order valence-electron chi connectivity index (χ0n) is 24.5. The first-order valence-electron chi connectivity index (χ1n) is 14.6. The molecule has 207 valence electrons. The Morgan fingerprint density at radius 3 is 2.33 bits per heavy atom. The number of hydrogen-bond donors (Lipinski definition) is 1. The second kappa shape index (κ2) is 13.6. The third-order valence-corrected chi connectivity index (χ3v) is 8.96. The summed E-state index contributed by atoms with van der Waals surface area (Å²) < 4.78 is 2.58. The van der Waals surface area contributed by atoms with Crippen LogP contribution in [-0.4, -0.2) is 10.5 Å². The van der Waals surface area contributed by atoms with E-state index in [0.29, 0.717) is 12.5 Å². The van der Waals surface area contributed by atoms with Crippen molar-refractivity contribution < 1.29 is 37.5 Å². The van der Waals surface area contributed by atoms with Crippen LogP contribution < -0.4 is 5.32 Å². The largest absolute Gasteiger partial charge is 0.358 e. The van der Waals surface area contributed by atoms with E-state index >= 15 is 0 Å². The third-order valence-electron chi connectivity index (χ3n) is 8.96. The fourth-order valence-electron chi connectivity index (χ4n) is 7.17. The summed E-state index contributed by atoms with van der Waals surface area (Å²) in [4.78, 5) is 13.5. The molecule has 1 saturated carbocycles. The third kappa shape index (κ3) is 6.31. The van der Waals surface area contributed by atoms with Gasteiger partial charge in [0.2, 0.25) is 5.91 Å². The Morgan fingerprint density at radius 1 is 0.900 bits per heavy atom. The molecule has 0 saturated heterocycles. The van der Waals surface area contributed by atoms with Crippen LogP contribution >= 0.6 is 0 Å². The molecule has 1 unspecified atom stereocenters. The summed E-state index contributed by atoms with van der Waals surface area (Å²) in [6.07, 6.45) is 9.70. The van der Waals surface area contributed by atoms with E-state index in [1.54, 1.807) is 5.56 Å². The van der Waals surface area contributed by atoms with Gasteiger partial charge in [-0.05, 0) is 97.7 Å². The maximum absolute atomic E-state index is 13.5. The minimum Gasteiger partial charge on any atom is -0.358 e. The van der Waals surface area contributed by atoms with Crippen LogP contribution in [0, 0.1) is 27.2 Å². The van der Waals surface area contributed by atoms with Crippen LogP contribution in [0.3, 0.4) is 0 Å². The normalized spacial score (nSPS) is 15.7. The van der Waals surface area contributed by atoms with Gasteiger partial charge >= 0.3 is 0 Å². The van der Waals surface area contributed by atoms with Crippen LogP contribution in [0.2, 0.25) is 0 Å². The number of rotatable bonds is 7. The van der Waals surface area contributed by atoms with Gasteiger partial charge in [-0.25, -0.2) is 0 Å². The summed E-state index contributed by atoms with van der Waals surface area (Å²) in [5.74, 6) is 0.536. The quantitative estimate of drug-likeness (QED) is 0.211. The Morgan fingerprint density at radius 2 is 1.60 bits per heavy atom. The van der Waals surface area contributed by atoms with Gasteiger partial charge in [-0.3, -0.25) is 4.79 Å². The number of aromatic nitrogens is 1. The Balaban J connectivity index is 0.00000185. The topological polar surface area (TPSA) is 34.0 Å². The molecule has 1 aromatic heterocycles. The molecule has 3 aromatic carbocycles. The molecule has 0 spiro atoms. The monoisotopic (exact) mass is 608 g/mol. The van der Waals surface area contributed by atoms with Crippen molar-refractivity contribution in [2.45, 2.75) is 84.2 Å². The smallest absolute Gasteiger partial charge is 0.228 e. The summed E-state index contributed by atoms with van der Waals surface area (Å²) in [7, 11) is 0. The van der Waals surface area contributed by atoms with Crippen LogP contribution in [0.5, 0.6) is 0 Å². The molecule has 1 fully saturated rings. The van der Waals surface area contributed by atoms with E-state index in [0.717, 1.165) is 30.5 Å². The summed E-state index contributed by atoms with van der Waals surface area (Å²) in [5, 5.41) is 4.73. The summed E-state index contributed by atoms with van der Waals surface area (Å²) in [5.41, 5.74) is 10.9. The van der Waals surface area contributed by atoms with E-state index in [-0.39, 0.29) is 52.0 Å². The Hall–Kier alpha value is -2.23. The Bertz CT molecular complexity index is 1430. The number of carbonyl (C=O) groups excluding carboxylic acids is 1. The predicted octanol–water partition coefficient (Wildman–Crippen LogP) is 8.22. The van der Waals surface area contributed by atoms with Crippen molar-refractivity contribution in [3.63, 3.8) is 0 Å². The molecule has 1 atom stereocenters.